The van der Waals surface area contributed by atoms with Crippen molar-refractivity contribution in [2.75, 3.05) is 0 Å². The summed E-state index contributed by atoms with van der Waals surface area (Å²) in [6, 6.07) is 15.4. The van der Waals surface area contributed by atoms with Crippen LogP contribution in [0.4, 0.5) is 0 Å². The molecule has 0 amide bonds. The van der Waals surface area contributed by atoms with E-state index in [1.807, 2.05) is 0 Å². The number of thioether (sulfide) groups is 1. The lowest BCUT2D eigenvalue weighted by Crippen LogP contribution is -2.20. The first-order valence-corrected chi connectivity index (χ1v) is 11.4. The zero-order valence-corrected chi connectivity index (χ0v) is 17.5. The minimum Gasteiger partial charge on any atom is -0.282 e. The van der Waals surface area contributed by atoms with Crippen molar-refractivity contribution < 1.29 is 13.0 Å². The summed E-state index contributed by atoms with van der Waals surface area (Å²) in [7, 11) is -4.15. The molecule has 0 radical (unpaired) electrons. The van der Waals surface area contributed by atoms with Gasteiger partial charge in [-0.2, -0.15) is 8.42 Å². The Morgan fingerprint density at radius 1 is 0.962 bits per heavy atom. The van der Waals surface area contributed by atoms with E-state index in [4.69, 9.17) is 4.55 Å². The van der Waals surface area contributed by atoms with E-state index in [1.165, 1.54) is 23.3 Å². The third-order valence-corrected chi connectivity index (χ3v) is 7.77. The van der Waals surface area contributed by atoms with Crippen LogP contribution >= 0.6 is 11.8 Å². The van der Waals surface area contributed by atoms with Crippen molar-refractivity contribution in [3.05, 3.63) is 59.7 Å². The van der Waals surface area contributed by atoms with Crippen molar-refractivity contribution in [3.8, 4) is 0 Å². The van der Waals surface area contributed by atoms with Crippen LogP contribution in [0.1, 0.15) is 64.0 Å². The van der Waals surface area contributed by atoms with Crippen LogP contribution in [0.2, 0.25) is 0 Å². The predicted octanol–water partition coefficient (Wildman–Crippen LogP) is 6.25. The molecule has 3 nitrogen and oxygen atoms in total. The molecule has 0 spiro atoms. The highest BCUT2D eigenvalue weighted by molar-refractivity contribution is 8.00. The van der Waals surface area contributed by atoms with Gasteiger partial charge in [-0.1, -0.05) is 52.0 Å². The quantitative estimate of drug-likeness (QED) is 0.426. The molecule has 0 saturated carbocycles. The van der Waals surface area contributed by atoms with E-state index < -0.39 is 10.1 Å². The maximum atomic E-state index is 11.2. The van der Waals surface area contributed by atoms with Gasteiger partial charge in [-0.25, -0.2) is 0 Å². The molecule has 0 aliphatic rings. The lowest BCUT2D eigenvalue weighted by Gasteiger charge is -2.32. The van der Waals surface area contributed by atoms with Gasteiger partial charge in [0.1, 0.15) is 0 Å². The van der Waals surface area contributed by atoms with Gasteiger partial charge < -0.3 is 0 Å². The van der Waals surface area contributed by atoms with Crippen LogP contribution in [0.3, 0.4) is 0 Å². The monoisotopic (exact) mass is 392 g/mol. The summed E-state index contributed by atoms with van der Waals surface area (Å²) >= 11 is 1.75. The Labute approximate surface area is 162 Å². The molecule has 5 heteroatoms. The van der Waals surface area contributed by atoms with E-state index in [2.05, 4.69) is 52.0 Å². The first-order valence-electron chi connectivity index (χ1n) is 9.12. The van der Waals surface area contributed by atoms with E-state index in [-0.39, 0.29) is 9.64 Å². The Balaban J connectivity index is 2.32. The summed E-state index contributed by atoms with van der Waals surface area (Å²) in [5.41, 5.74) is 2.65. The molecular weight excluding hydrogens is 364 g/mol. The van der Waals surface area contributed by atoms with Gasteiger partial charge >= 0.3 is 0 Å². The fourth-order valence-electron chi connectivity index (χ4n) is 3.12. The molecule has 1 atom stereocenters. The second kappa shape index (κ2) is 8.59. The highest BCUT2D eigenvalue weighted by Crippen LogP contribution is 2.47. The van der Waals surface area contributed by atoms with Crippen LogP contribution in [-0.2, 0) is 14.9 Å². The Bertz CT molecular complexity index is 805. The maximum absolute atomic E-state index is 11.2. The largest absolute Gasteiger partial charge is 0.294 e. The molecule has 0 bridgehead atoms. The molecule has 0 aromatic heterocycles. The molecule has 2 aromatic rings. The summed E-state index contributed by atoms with van der Waals surface area (Å²) in [5, 5.41) is 0. The van der Waals surface area contributed by atoms with Gasteiger partial charge in [-0.05, 0) is 60.6 Å². The van der Waals surface area contributed by atoms with Crippen molar-refractivity contribution in [3.63, 3.8) is 0 Å². The fraction of sp³-hybridized carbons (Fsp3) is 0.429. The van der Waals surface area contributed by atoms with Crippen molar-refractivity contribution in [2.24, 2.45) is 0 Å². The smallest absolute Gasteiger partial charge is 0.282 e. The van der Waals surface area contributed by atoms with E-state index in [1.54, 1.807) is 23.9 Å². The summed E-state index contributed by atoms with van der Waals surface area (Å²) in [6.07, 6.45) is 3.06. The molecule has 0 aliphatic carbocycles. The van der Waals surface area contributed by atoms with E-state index in [0.29, 0.717) is 5.92 Å². The van der Waals surface area contributed by atoms with Crippen LogP contribution in [0.25, 0.3) is 0 Å². The molecule has 2 aromatic carbocycles. The summed E-state index contributed by atoms with van der Waals surface area (Å²) in [5.74, 6) is 0.558. The standard InChI is InChI=1S/C21H28O3S2/c1-5-16(4)17-8-10-18(11-9-17)21(6-2,7-3)25-19-12-14-20(15-13-19)26(22,23)24/h8-16H,5-7H2,1-4H3,(H,22,23,24). The molecule has 2 rings (SSSR count). The second-order valence-electron chi connectivity index (χ2n) is 6.68. The first kappa shape index (κ1) is 21.0. The highest BCUT2D eigenvalue weighted by atomic mass is 32.2. The summed E-state index contributed by atoms with van der Waals surface area (Å²) in [6.45, 7) is 8.82. The van der Waals surface area contributed by atoms with Crippen LogP contribution < -0.4 is 0 Å². The molecular formula is C21H28O3S2. The minimum absolute atomic E-state index is 0.0619. The minimum atomic E-state index is -4.15. The number of hydrogen-bond acceptors (Lipinski definition) is 3. The van der Waals surface area contributed by atoms with Crippen molar-refractivity contribution in [2.45, 2.75) is 67.4 Å². The average molecular weight is 393 g/mol. The van der Waals surface area contributed by atoms with Gasteiger partial charge in [0, 0.05) is 9.64 Å². The molecule has 0 saturated heterocycles. The van der Waals surface area contributed by atoms with Gasteiger partial charge in [-0.3, -0.25) is 4.55 Å². The normalized spacial score (nSPS) is 13.6. The third-order valence-electron chi connectivity index (χ3n) is 5.20. The molecule has 1 unspecified atom stereocenters. The van der Waals surface area contributed by atoms with Crippen molar-refractivity contribution in [1.29, 1.82) is 0 Å². The maximum Gasteiger partial charge on any atom is 0.294 e. The molecule has 0 heterocycles. The first-order chi connectivity index (χ1) is 12.3. The SMILES string of the molecule is CCC(C)c1ccc(C(CC)(CC)Sc2ccc(S(=O)(=O)O)cc2)cc1. The average Bonchev–Trinajstić information content (AvgIpc) is 2.65. The molecule has 0 fully saturated rings. The Morgan fingerprint density at radius 3 is 1.92 bits per heavy atom. The predicted molar refractivity (Wildman–Crippen MR) is 110 cm³/mol. The van der Waals surface area contributed by atoms with Crippen LogP contribution in [0.5, 0.6) is 0 Å². The van der Waals surface area contributed by atoms with E-state index >= 15 is 0 Å². The van der Waals surface area contributed by atoms with Gasteiger partial charge in [0.2, 0.25) is 0 Å². The van der Waals surface area contributed by atoms with Gasteiger partial charge in [0.25, 0.3) is 10.1 Å². The Kier molecular flexibility index (Phi) is 6.94. The van der Waals surface area contributed by atoms with Gasteiger partial charge in [0.15, 0.2) is 0 Å². The summed E-state index contributed by atoms with van der Waals surface area (Å²) < 4.78 is 31.5. The molecule has 142 valence electrons. The lowest BCUT2D eigenvalue weighted by molar-refractivity contribution is 0.483. The molecule has 0 aliphatic heterocycles. The second-order valence-corrected chi connectivity index (χ2v) is 9.56. The highest BCUT2D eigenvalue weighted by Gasteiger charge is 2.30. The fourth-order valence-corrected chi connectivity index (χ4v) is 4.86. The summed E-state index contributed by atoms with van der Waals surface area (Å²) in [4.78, 5) is 0.922. The number of hydrogen-bond donors (Lipinski definition) is 1. The van der Waals surface area contributed by atoms with Gasteiger partial charge in [0.05, 0.1) is 4.90 Å². The topological polar surface area (TPSA) is 54.4 Å². The van der Waals surface area contributed by atoms with E-state index in [9.17, 15) is 8.42 Å². The van der Waals surface area contributed by atoms with E-state index in [0.717, 1.165) is 24.2 Å². The van der Waals surface area contributed by atoms with Crippen LogP contribution in [-0.4, -0.2) is 13.0 Å². The zero-order chi connectivity index (χ0) is 19.4. The zero-order valence-electron chi connectivity index (χ0n) is 15.9. The lowest BCUT2D eigenvalue weighted by atomic mass is 9.90. The Hall–Kier alpha value is -1.30. The van der Waals surface area contributed by atoms with Crippen molar-refractivity contribution in [1.82, 2.24) is 0 Å². The van der Waals surface area contributed by atoms with Crippen molar-refractivity contribution >= 4 is 21.9 Å². The van der Waals surface area contributed by atoms with Crippen LogP contribution in [0.15, 0.2) is 58.3 Å². The Morgan fingerprint density at radius 2 is 1.50 bits per heavy atom. The van der Waals surface area contributed by atoms with Gasteiger partial charge in [-0.15, -0.1) is 11.8 Å². The third kappa shape index (κ3) is 4.70. The molecule has 1 N–H and O–H groups in total. The number of rotatable bonds is 8. The molecule has 26 heavy (non-hydrogen) atoms. The van der Waals surface area contributed by atoms with Crippen LogP contribution in [0, 0.1) is 0 Å². The number of benzene rings is 2.